The Bertz CT molecular complexity index is 572. The van der Waals surface area contributed by atoms with E-state index in [-0.39, 0.29) is 5.92 Å². The van der Waals surface area contributed by atoms with Gasteiger partial charge in [-0.25, -0.2) is 8.42 Å². The Kier molecular flexibility index (Phi) is 3.48. The number of hydrogen-bond acceptors (Lipinski definition) is 2. The molecular weight excluding hydrogens is 256 g/mol. The minimum atomic E-state index is -3.27. The Morgan fingerprint density at radius 2 is 1.68 bits per heavy atom. The Morgan fingerprint density at radius 3 is 2.47 bits per heavy atom. The van der Waals surface area contributed by atoms with Crippen molar-refractivity contribution in [3.8, 4) is 0 Å². The molecule has 2 nitrogen and oxygen atoms in total. The molecule has 1 fully saturated rings. The molecule has 0 aliphatic heterocycles. The molecule has 1 saturated carbocycles. The Labute approximate surface area is 115 Å². The summed E-state index contributed by atoms with van der Waals surface area (Å²) >= 11 is 0. The summed E-state index contributed by atoms with van der Waals surface area (Å²) in [6, 6.07) is 8.88. The Morgan fingerprint density at radius 1 is 0.947 bits per heavy atom. The van der Waals surface area contributed by atoms with Gasteiger partial charge in [0.05, 0.1) is 4.90 Å². The molecule has 1 aromatic carbocycles. The maximum atomic E-state index is 12.8. The minimum Gasteiger partial charge on any atom is -0.219 e. The number of fused-ring (bicyclic) bond motifs is 1. The van der Waals surface area contributed by atoms with Gasteiger partial charge in [-0.15, -0.1) is 0 Å². The Hall–Kier alpha value is -1.09. The molecule has 2 aliphatic carbocycles. The summed E-state index contributed by atoms with van der Waals surface area (Å²) in [5, 5.41) is 0. The fourth-order valence-electron chi connectivity index (χ4n) is 3.56. The SMILES string of the molecule is O=S(=O)(C1=CCC[C@@H]2CCCC[C@@H]12)c1ccccc1. The first-order valence-corrected chi connectivity index (χ1v) is 8.68. The lowest BCUT2D eigenvalue weighted by Gasteiger charge is -2.36. The molecule has 19 heavy (non-hydrogen) atoms. The van der Waals surface area contributed by atoms with E-state index in [1.165, 1.54) is 25.7 Å². The third-order valence-corrected chi connectivity index (χ3v) is 6.50. The zero-order valence-corrected chi connectivity index (χ0v) is 11.9. The zero-order valence-electron chi connectivity index (χ0n) is 11.1. The molecule has 102 valence electrons. The summed E-state index contributed by atoms with van der Waals surface area (Å²) < 4.78 is 25.5. The third-order valence-electron chi connectivity index (χ3n) is 4.52. The molecule has 0 spiro atoms. The topological polar surface area (TPSA) is 34.1 Å². The lowest BCUT2D eigenvalue weighted by atomic mass is 9.74. The van der Waals surface area contributed by atoms with Crippen LogP contribution in [0.25, 0.3) is 0 Å². The number of benzene rings is 1. The maximum absolute atomic E-state index is 12.8. The van der Waals surface area contributed by atoms with Crippen LogP contribution in [0.5, 0.6) is 0 Å². The number of rotatable bonds is 2. The molecule has 3 heteroatoms. The standard InChI is InChI=1S/C16H20O2S/c17-19(18,14-9-2-1-3-10-14)16-12-6-8-13-7-4-5-11-15(13)16/h1-3,9-10,12-13,15H,4-8,11H2/t13-,15+/m0/s1. The van der Waals surface area contributed by atoms with E-state index < -0.39 is 9.84 Å². The van der Waals surface area contributed by atoms with E-state index in [1.54, 1.807) is 24.3 Å². The van der Waals surface area contributed by atoms with E-state index in [9.17, 15) is 8.42 Å². The van der Waals surface area contributed by atoms with Crippen molar-refractivity contribution in [2.45, 2.75) is 43.4 Å². The summed E-state index contributed by atoms with van der Waals surface area (Å²) in [6.07, 6.45) is 8.74. The second-order valence-electron chi connectivity index (χ2n) is 5.65. The van der Waals surface area contributed by atoms with Crippen LogP contribution >= 0.6 is 0 Å². The van der Waals surface area contributed by atoms with Crippen molar-refractivity contribution in [3.05, 3.63) is 41.3 Å². The lowest BCUT2D eigenvalue weighted by molar-refractivity contribution is 0.254. The van der Waals surface area contributed by atoms with Gasteiger partial charge in [-0.3, -0.25) is 0 Å². The fraction of sp³-hybridized carbons (Fsp3) is 0.500. The van der Waals surface area contributed by atoms with E-state index in [2.05, 4.69) is 0 Å². The normalized spacial score (nSPS) is 27.5. The van der Waals surface area contributed by atoms with Gasteiger partial charge in [-0.1, -0.05) is 37.1 Å². The van der Waals surface area contributed by atoms with E-state index in [1.807, 2.05) is 12.1 Å². The van der Waals surface area contributed by atoms with Crippen LogP contribution in [0.2, 0.25) is 0 Å². The molecule has 0 unspecified atom stereocenters. The van der Waals surface area contributed by atoms with Gasteiger partial charge < -0.3 is 0 Å². The molecule has 0 heterocycles. The second-order valence-corrected chi connectivity index (χ2v) is 7.60. The molecule has 0 N–H and O–H groups in total. The summed E-state index contributed by atoms with van der Waals surface area (Å²) in [4.78, 5) is 1.15. The largest absolute Gasteiger partial charge is 0.219 e. The molecule has 0 bridgehead atoms. The van der Waals surface area contributed by atoms with Crippen molar-refractivity contribution < 1.29 is 8.42 Å². The van der Waals surface area contributed by atoms with Gasteiger partial charge in [0.2, 0.25) is 9.84 Å². The van der Waals surface area contributed by atoms with Gasteiger partial charge >= 0.3 is 0 Å². The summed E-state index contributed by atoms with van der Waals surface area (Å²) in [5.41, 5.74) is 0. The van der Waals surface area contributed by atoms with Gasteiger partial charge in [0.15, 0.2) is 0 Å². The number of sulfone groups is 1. The predicted octanol–water partition coefficient (Wildman–Crippen LogP) is 3.94. The molecule has 1 aromatic rings. The van der Waals surface area contributed by atoms with E-state index in [4.69, 9.17) is 0 Å². The van der Waals surface area contributed by atoms with Crippen LogP contribution in [0.4, 0.5) is 0 Å². The highest BCUT2D eigenvalue weighted by atomic mass is 32.2. The molecule has 0 aromatic heterocycles. The molecular formula is C16H20O2S. The van der Waals surface area contributed by atoms with E-state index >= 15 is 0 Å². The average molecular weight is 276 g/mol. The summed E-state index contributed by atoms with van der Waals surface area (Å²) in [7, 11) is -3.27. The zero-order chi connectivity index (χ0) is 13.3. The smallest absolute Gasteiger partial charge is 0.202 e. The minimum absolute atomic E-state index is 0.271. The van der Waals surface area contributed by atoms with Crippen LogP contribution in [0.1, 0.15) is 38.5 Å². The first-order chi connectivity index (χ1) is 9.19. The quantitative estimate of drug-likeness (QED) is 0.819. The van der Waals surface area contributed by atoms with Crippen LogP contribution in [0.15, 0.2) is 46.2 Å². The summed E-state index contributed by atoms with van der Waals surface area (Å²) in [5.74, 6) is 0.861. The van der Waals surface area contributed by atoms with Crippen LogP contribution in [0.3, 0.4) is 0 Å². The first kappa shape index (κ1) is 12.9. The molecule has 0 amide bonds. The van der Waals surface area contributed by atoms with E-state index in [0.29, 0.717) is 15.7 Å². The van der Waals surface area contributed by atoms with Gasteiger partial charge in [-0.05, 0) is 49.7 Å². The van der Waals surface area contributed by atoms with Crippen molar-refractivity contribution in [1.29, 1.82) is 0 Å². The summed E-state index contributed by atoms with van der Waals surface area (Å²) in [6.45, 7) is 0. The van der Waals surface area contributed by atoms with Gasteiger partial charge in [0.1, 0.15) is 0 Å². The second kappa shape index (κ2) is 5.12. The maximum Gasteiger partial charge on any atom is 0.202 e. The molecule has 2 atom stereocenters. The van der Waals surface area contributed by atoms with Crippen LogP contribution in [0, 0.1) is 11.8 Å². The Balaban J connectivity index is 1.99. The number of hydrogen-bond donors (Lipinski definition) is 0. The van der Waals surface area contributed by atoms with Gasteiger partial charge in [0, 0.05) is 4.91 Å². The lowest BCUT2D eigenvalue weighted by Crippen LogP contribution is -2.28. The van der Waals surface area contributed by atoms with Crippen molar-refractivity contribution >= 4 is 9.84 Å². The first-order valence-electron chi connectivity index (χ1n) is 7.20. The highest BCUT2D eigenvalue weighted by molar-refractivity contribution is 7.95. The van der Waals surface area contributed by atoms with E-state index in [0.717, 1.165) is 12.8 Å². The number of allylic oxidation sites excluding steroid dienone is 2. The highest BCUT2D eigenvalue weighted by Gasteiger charge is 2.36. The van der Waals surface area contributed by atoms with Crippen LogP contribution in [-0.4, -0.2) is 8.42 Å². The predicted molar refractivity (Wildman–Crippen MR) is 76.4 cm³/mol. The van der Waals surface area contributed by atoms with Crippen molar-refractivity contribution in [2.24, 2.45) is 11.8 Å². The molecule has 0 saturated heterocycles. The fourth-order valence-corrected chi connectivity index (χ4v) is 5.40. The highest BCUT2D eigenvalue weighted by Crippen LogP contribution is 2.44. The average Bonchev–Trinajstić information content (AvgIpc) is 2.47. The van der Waals surface area contributed by atoms with Crippen LogP contribution < -0.4 is 0 Å². The van der Waals surface area contributed by atoms with Crippen molar-refractivity contribution in [1.82, 2.24) is 0 Å². The molecule has 2 aliphatic rings. The van der Waals surface area contributed by atoms with Crippen molar-refractivity contribution in [3.63, 3.8) is 0 Å². The third kappa shape index (κ3) is 2.36. The van der Waals surface area contributed by atoms with Gasteiger partial charge in [-0.2, -0.15) is 0 Å². The monoisotopic (exact) mass is 276 g/mol. The molecule has 0 radical (unpaired) electrons. The van der Waals surface area contributed by atoms with Crippen LogP contribution in [-0.2, 0) is 9.84 Å². The molecule has 3 rings (SSSR count). The van der Waals surface area contributed by atoms with Gasteiger partial charge in [0.25, 0.3) is 0 Å². The van der Waals surface area contributed by atoms with Crippen molar-refractivity contribution in [2.75, 3.05) is 0 Å².